The second-order valence-electron chi connectivity index (χ2n) is 3.55. The topological polar surface area (TPSA) is 63.7 Å². The summed E-state index contributed by atoms with van der Waals surface area (Å²) in [6.07, 6.45) is 3.18. The minimum Gasteiger partial charge on any atom is -0.496 e. The quantitative estimate of drug-likeness (QED) is 0.726. The van der Waals surface area contributed by atoms with E-state index in [4.69, 9.17) is 4.74 Å². The fourth-order valence-electron chi connectivity index (χ4n) is 1.73. The summed E-state index contributed by atoms with van der Waals surface area (Å²) in [7, 11) is 1.64. The maximum Gasteiger partial charge on any atom is 0.181 e. The Balaban J connectivity index is 2.20. The average Bonchev–Trinajstić information content (AvgIpc) is 2.82. The number of H-pyrrole nitrogens is 1. The van der Waals surface area contributed by atoms with Crippen LogP contribution in [0.4, 0.5) is 0 Å². The molecule has 3 aromatic rings. The Morgan fingerprint density at radius 2 is 2.12 bits per heavy atom. The van der Waals surface area contributed by atoms with Gasteiger partial charge in [0.05, 0.1) is 18.9 Å². The van der Waals surface area contributed by atoms with Crippen LogP contribution >= 0.6 is 0 Å². The number of rotatable bonds is 2. The van der Waals surface area contributed by atoms with Gasteiger partial charge in [-0.25, -0.2) is 15.0 Å². The highest BCUT2D eigenvalue weighted by Gasteiger charge is 2.10. The van der Waals surface area contributed by atoms with E-state index in [1.807, 2.05) is 24.3 Å². The first kappa shape index (κ1) is 9.77. The average molecular weight is 226 g/mol. The second-order valence-corrected chi connectivity index (χ2v) is 3.55. The molecule has 2 heterocycles. The van der Waals surface area contributed by atoms with Gasteiger partial charge in [0.15, 0.2) is 5.65 Å². The van der Waals surface area contributed by atoms with E-state index in [1.54, 1.807) is 13.3 Å². The monoisotopic (exact) mass is 226 g/mol. The minimum absolute atomic E-state index is 0.654. The van der Waals surface area contributed by atoms with Gasteiger partial charge in [0.2, 0.25) is 0 Å². The van der Waals surface area contributed by atoms with Crippen molar-refractivity contribution in [2.24, 2.45) is 0 Å². The van der Waals surface area contributed by atoms with Crippen molar-refractivity contribution in [1.82, 2.24) is 19.9 Å². The molecule has 0 atom stereocenters. The van der Waals surface area contributed by atoms with E-state index in [1.165, 1.54) is 6.33 Å². The Hall–Kier alpha value is -2.43. The molecule has 0 radical (unpaired) electrons. The molecule has 0 saturated carbocycles. The highest BCUT2D eigenvalue weighted by Crippen LogP contribution is 2.28. The van der Waals surface area contributed by atoms with Crippen molar-refractivity contribution in [3.8, 4) is 17.1 Å². The van der Waals surface area contributed by atoms with Crippen LogP contribution in [-0.2, 0) is 0 Å². The smallest absolute Gasteiger partial charge is 0.181 e. The van der Waals surface area contributed by atoms with Crippen LogP contribution in [0.15, 0.2) is 36.8 Å². The predicted octanol–water partition coefficient (Wildman–Crippen LogP) is 2.03. The molecule has 0 bridgehead atoms. The molecule has 0 unspecified atom stereocenters. The fourth-order valence-corrected chi connectivity index (χ4v) is 1.73. The molecule has 0 spiro atoms. The highest BCUT2D eigenvalue weighted by atomic mass is 16.5. The third kappa shape index (κ3) is 1.61. The van der Waals surface area contributed by atoms with Gasteiger partial charge in [-0.05, 0) is 12.1 Å². The number of benzene rings is 1. The Labute approximate surface area is 97.5 Å². The fraction of sp³-hybridized carbons (Fsp3) is 0.0833. The van der Waals surface area contributed by atoms with Crippen molar-refractivity contribution >= 4 is 11.2 Å². The molecule has 0 saturated heterocycles. The molecule has 0 aliphatic carbocycles. The summed E-state index contributed by atoms with van der Waals surface area (Å²) in [6.45, 7) is 0. The Morgan fingerprint density at radius 1 is 1.24 bits per heavy atom. The molecule has 0 aliphatic rings. The zero-order valence-electron chi connectivity index (χ0n) is 9.21. The number of hydrogen-bond acceptors (Lipinski definition) is 4. The number of fused-ring (bicyclic) bond motifs is 1. The van der Waals surface area contributed by atoms with Crippen LogP contribution in [0.5, 0.6) is 5.75 Å². The van der Waals surface area contributed by atoms with Gasteiger partial charge in [0.1, 0.15) is 23.4 Å². The SMILES string of the molecule is COc1ccccc1-c1nc2ncncc2[nH]1. The van der Waals surface area contributed by atoms with Crippen molar-refractivity contribution in [2.45, 2.75) is 0 Å². The van der Waals surface area contributed by atoms with Crippen LogP contribution in [0, 0.1) is 0 Å². The number of aromatic nitrogens is 4. The molecule has 17 heavy (non-hydrogen) atoms. The van der Waals surface area contributed by atoms with Gasteiger partial charge >= 0.3 is 0 Å². The number of para-hydroxylation sites is 1. The predicted molar refractivity (Wildman–Crippen MR) is 63.7 cm³/mol. The summed E-state index contributed by atoms with van der Waals surface area (Å²) in [6, 6.07) is 7.71. The summed E-state index contributed by atoms with van der Waals surface area (Å²) in [5.41, 5.74) is 2.38. The van der Waals surface area contributed by atoms with Crippen LogP contribution in [0.2, 0.25) is 0 Å². The Kier molecular flexibility index (Phi) is 2.22. The largest absolute Gasteiger partial charge is 0.496 e. The molecule has 0 aliphatic heterocycles. The lowest BCUT2D eigenvalue weighted by Crippen LogP contribution is -1.88. The summed E-state index contributed by atoms with van der Waals surface area (Å²) in [5, 5.41) is 0. The van der Waals surface area contributed by atoms with Gasteiger partial charge < -0.3 is 9.72 Å². The lowest BCUT2D eigenvalue weighted by atomic mass is 10.2. The van der Waals surface area contributed by atoms with E-state index in [-0.39, 0.29) is 0 Å². The summed E-state index contributed by atoms with van der Waals surface area (Å²) in [4.78, 5) is 15.6. The second kappa shape index (κ2) is 3.86. The zero-order chi connectivity index (χ0) is 11.7. The molecular formula is C12H10N4O. The summed E-state index contributed by atoms with van der Waals surface area (Å²) >= 11 is 0. The van der Waals surface area contributed by atoms with Crippen molar-refractivity contribution in [2.75, 3.05) is 7.11 Å². The Bertz CT molecular complexity index is 629. The van der Waals surface area contributed by atoms with Crippen LogP contribution in [0.3, 0.4) is 0 Å². The molecule has 1 N–H and O–H groups in total. The standard InChI is InChI=1S/C12H10N4O/c1-17-10-5-3-2-4-8(10)11-15-9-6-13-7-14-12(9)16-11/h2-7H,1H3,(H,13,14,15,16). The molecule has 0 fully saturated rings. The number of hydrogen-bond donors (Lipinski definition) is 1. The maximum absolute atomic E-state index is 5.30. The van der Waals surface area contributed by atoms with Gasteiger partial charge in [-0.3, -0.25) is 0 Å². The van der Waals surface area contributed by atoms with E-state index in [9.17, 15) is 0 Å². The van der Waals surface area contributed by atoms with Crippen molar-refractivity contribution < 1.29 is 4.74 Å². The van der Waals surface area contributed by atoms with Gasteiger partial charge in [0, 0.05) is 0 Å². The number of nitrogens with zero attached hydrogens (tertiary/aromatic N) is 3. The summed E-state index contributed by atoms with van der Waals surface area (Å²) in [5.74, 6) is 1.51. The molecule has 1 aromatic carbocycles. The normalized spacial score (nSPS) is 10.6. The molecule has 5 heteroatoms. The van der Waals surface area contributed by atoms with E-state index >= 15 is 0 Å². The van der Waals surface area contributed by atoms with E-state index < -0.39 is 0 Å². The molecule has 0 amide bonds. The van der Waals surface area contributed by atoms with E-state index in [0.717, 1.165) is 22.7 Å². The maximum atomic E-state index is 5.30. The first-order chi connectivity index (χ1) is 8.38. The van der Waals surface area contributed by atoms with Crippen LogP contribution in [0.25, 0.3) is 22.6 Å². The molecule has 84 valence electrons. The number of nitrogens with one attached hydrogen (secondary N) is 1. The van der Waals surface area contributed by atoms with Crippen LogP contribution < -0.4 is 4.74 Å². The lowest BCUT2D eigenvalue weighted by molar-refractivity contribution is 0.416. The van der Waals surface area contributed by atoms with Gasteiger partial charge in [-0.15, -0.1) is 0 Å². The van der Waals surface area contributed by atoms with Gasteiger partial charge in [-0.1, -0.05) is 12.1 Å². The lowest BCUT2D eigenvalue weighted by Gasteiger charge is -2.04. The third-order valence-corrected chi connectivity index (χ3v) is 2.52. The first-order valence-corrected chi connectivity index (χ1v) is 5.17. The highest BCUT2D eigenvalue weighted by molar-refractivity contribution is 5.76. The summed E-state index contributed by atoms with van der Waals surface area (Å²) < 4.78 is 5.30. The molecular weight excluding hydrogens is 216 g/mol. The van der Waals surface area contributed by atoms with E-state index in [2.05, 4.69) is 19.9 Å². The van der Waals surface area contributed by atoms with Crippen molar-refractivity contribution in [1.29, 1.82) is 0 Å². The van der Waals surface area contributed by atoms with Crippen molar-refractivity contribution in [3.05, 3.63) is 36.8 Å². The molecule has 3 rings (SSSR count). The van der Waals surface area contributed by atoms with Crippen LogP contribution in [0.1, 0.15) is 0 Å². The van der Waals surface area contributed by atoms with Crippen LogP contribution in [-0.4, -0.2) is 27.0 Å². The van der Waals surface area contributed by atoms with E-state index in [0.29, 0.717) is 5.65 Å². The zero-order valence-corrected chi connectivity index (χ0v) is 9.21. The molecule has 2 aromatic heterocycles. The minimum atomic E-state index is 0.654. The Morgan fingerprint density at radius 3 is 2.94 bits per heavy atom. The third-order valence-electron chi connectivity index (χ3n) is 2.52. The first-order valence-electron chi connectivity index (χ1n) is 5.17. The van der Waals surface area contributed by atoms with Gasteiger partial charge in [-0.2, -0.15) is 0 Å². The number of imidazole rings is 1. The number of aromatic amines is 1. The van der Waals surface area contributed by atoms with Crippen molar-refractivity contribution in [3.63, 3.8) is 0 Å². The number of methoxy groups -OCH3 is 1. The number of ether oxygens (including phenoxy) is 1. The van der Waals surface area contributed by atoms with Gasteiger partial charge in [0.25, 0.3) is 0 Å². The molecule has 5 nitrogen and oxygen atoms in total.